The Hall–Kier alpha value is -1.18. The molecule has 20 heavy (non-hydrogen) atoms. The Morgan fingerprint density at radius 3 is 2.95 bits per heavy atom. The summed E-state index contributed by atoms with van der Waals surface area (Å²) in [6, 6.07) is 6.41. The van der Waals surface area contributed by atoms with Crippen molar-refractivity contribution in [1.82, 2.24) is 0 Å². The van der Waals surface area contributed by atoms with Crippen LogP contribution < -0.4 is 9.47 Å². The second-order valence-electron chi connectivity index (χ2n) is 6.28. The van der Waals surface area contributed by atoms with Gasteiger partial charge in [0, 0.05) is 12.0 Å². The van der Waals surface area contributed by atoms with Crippen molar-refractivity contribution in [1.29, 1.82) is 0 Å². The van der Waals surface area contributed by atoms with Crippen LogP contribution in [0, 0.1) is 11.8 Å². The standard InChI is InChI=1S/C18H26O2/c1-3-5-13-6-8-16-14(10-13)12-20-18-11-15(19-4-2)7-9-17(16)18/h7,9,11,13-14,16H,3-6,8,10,12H2,1-2H3. The fourth-order valence-electron chi connectivity index (χ4n) is 4.02. The normalized spacial score (nSPS) is 28.2. The van der Waals surface area contributed by atoms with Crippen LogP contribution in [0.1, 0.15) is 57.4 Å². The minimum Gasteiger partial charge on any atom is -0.494 e. The molecule has 3 atom stereocenters. The molecule has 1 aliphatic heterocycles. The van der Waals surface area contributed by atoms with Crippen molar-refractivity contribution in [2.45, 2.75) is 51.9 Å². The summed E-state index contributed by atoms with van der Waals surface area (Å²) in [5, 5.41) is 0. The van der Waals surface area contributed by atoms with E-state index in [9.17, 15) is 0 Å². The van der Waals surface area contributed by atoms with Crippen molar-refractivity contribution in [2.75, 3.05) is 13.2 Å². The first-order chi connectivity index (χ1) is 9.81. The van der Waals surface area contributed by atoms with Crippen molar-refractivity contribution < 1.29 is 9.47 Å². The third kappa shape index (κ3) is 2.65. The monoisotopic (exact) mass is 274 g/mol. The summed E-state index contributed by atoms with van der Waals surface area (Å²) in [7, 11) is 0. The third-order valence-electron chi connectivity index (χ3n) is 4.94. The Labute approximate surface area is 122 Å². The Morgan fingerprint density at radius 1 is 1.25 bits per heavy atom. The van der Waals surface area contributed by atoms with Crippen molar-refractivity contribution in [3.8, 4) is 11.5 Å². The van der Waals surface area contributed by atoms with Gasteiger partial charge in [0.1, 0.15) is 11.5 Å². The van der Waals surface area contributed by atoms with E-state index in [-0.39, 0.29) is 0 Å². The Morgan fingerprint density at radius 2 is 2.15 bits per heavy atom. The van der Waals surface area contributed by atoms with Crippen LogP contribution in [-0.4, -0.2) is 13.2 Å². The SMILES string of the molecule is CCCC1CCC2c3ccc(OCC)cc3OCC2C1. The molecule has 1 fully saturated rings. The Kier molecular flexibility index (Phi) is 4.18. The largest absolute Gasteiger partial charge is 0.494 e. The fraction of sp³-hybridized carbons (Fsp3) is 0.667. The lowest BCUT2D eigenvalue weighted by molar-refractivity contribution is 0.124. The van der Waals surface area contributed by atoms with Gasteiger partial charge in [-0.15, -0.1) is 0 Å². The second-order valence-corrected chi connectivity index (χ2v) is 6.28. The van der Waals surface area contributed by atoms with Crippen LogP contribution >= 0.6 is 0 Å². The number of rotatable bonds is 4. The summed E-state index contributed by atoms with van der Waals surface area (Å²) in [6.45, 7) is 5.93. The predicted molar refractivity (Wildman–Crippen MR) is 81.6 cm³/mol. The molecule has 1 aromatic carbocycles. The molecular weight excluding hydrogens is 248 g/mol. The molecule has 110 valence electrons. The molecule has 1 saturated carbocycles. The topological polar surface area (TPSA) is 18.5 Å². The number of ether oxygens (including phenoxy) is 2. The Bertz CT molecular complexity index is 455. The molecule has 0 bridgehead atoms. The highest BCUT2D eigenvalue weighted by molar-refractivity contribution is 5.44. The first kappa shape index (κ1) is 13.8. The summed E-state index contributed by atoms with van der Waals surface area (Å²) >= 11 is 0. The van der Waals surface area contributed by atoms with Gasteiger partial charge in [-0.05, 0) is 49.7 Å². The van der Waals surface area contributed by atoms with Crippen LogP contribution in [0.2, 0.25) is 0 Å². The van der Waals surface area contributed by atoms with Crippen molar-refractivity contribution in [2.24, 2.45) is 11.8 Å². The molecule has 0 saturated heterocycles. The minimum atomic E-state index is 0.711. The molecule has 1 aliphatic carbocycles. The number of benzene rings is 1. The van der Waals surface area contributed by atoms with E-state index in [1.807, 2.05) is 6.92 Å². The zero-order valence-electron chi connectivity index (χ0n) is 12.7. The van der Waals surface area contributed by atoms with Gasteiger partial charge in [0.15, 0.2) is 0 Å². The second kappa shape index (κ2) is 6.07. The van der Waals surface area contributed by atoms with Gasteiger partial charge in [-0.1, -0.05) is 25.8 Å². The molecule has 1 heterocycles. The van der Waals surface area contributed by atoms with Crippen LogP contribution in [-0.2, 0) is 0 Å². The van der Waals surface area contributed by atoms with Gasteiger partial charge in [0.2, 0.25) is 0 Å². The van der Waals surface area contributed by atoms with Crippen molar-refractivity contribution >= 4 is 0 Å². The smallest absolute Gasteiger partial charge is 0.126 e. The maximum atomic E-state index is 6.03. The van der Waals surface area contributed by atoms with Gasteiger partial charge in [-0.3, -0.25) is 0 Å². The van der Waals surface area contributed by atoms with Crippen LogP contribution in [0.4, 0.5) is 0 Å². The quantitative estimate of drug-likeness (QED) is 0.786. The van der Waals surface area contributed by atoms with Gasteiger partial charge in [0.05, 0.1) is 13.2 Å². The molecule has 2 nitrogen and oxygen atoms in total. The molecule has 2 aliphatic rings. The molecule has 0 N–H and O–H groups in total. The van der Waals surface area contributed by atoms with Crippen LogP contribution in [0.15, 0.2) is 18.2 Å². The summed E-state index contributed by atoms with van der Waals surface area (Å²) in [6.07, 6.45) is 6.78. The van der Waals surface area contributed by atoms with Crippen LogP contribution in [0.5, 0.6) is 11.5 Å². The van der Waals surface area contributed by atoms with E-state index in [0.717, 1.165) is 29.9 Å². The highest BCUT2D eigenvalue weighted by Gasteiger charge is 2.36. The van der Waals surface area contributed by atoms with Gasteiger partial charge < -0.3 is 9.47 Å². The van der Waals surface area contributed by atoms with E-state index >= 15 is 0 Å². The third-order valence-corrected chi connectivity index (χ3v) is 4.94. The number of hydrogen-bond donors (Lipinski definition) is 0. The van der Waals surface area contributed by atoms with Gasteiger partial charge in [-0.2, -0.15) is 0 Å². The van der Waals surface area contributed by atoms with E-state index in [4.69, 9.17) is 9.47 Å². The average Bonchev–Trinajstić information content (AvgIpc) is 2.47. The minimum absolute atomic E-state index is 0.711. The highest BCUT2D eigenvalue weighted by atomic mass is 16.5. The summed E-state index contributed by atoms with van der Waals surface area (Å²) in [4.78, 5) is 0. The number of fused-ring (bicyclic) bond motifs is 3. The number of hydrogen-bond acceptors (Lipinski definition) is 2. The zero-order chi connectivity index (χ0) is 13.9. The van der Waals surface area contributed by atoms with E-state index in [1.165, 1.54) is 37.7 Å². The summed E-state index contributed by atoms with van der Waals surface area (Å²) in [5.74, 6) is 4.36. The lowest BCUT2D eigenvalue weighted by Gasteiger charge is -2.40. The van der Waals surface area contributed by atoms with Crippen molar-refractivity contribution in [3.63, 3.8) is 0 Å². The van der Waals surface area contributed by atoms with Crippen LogP contribution in [0.25, 0.3) is 0 Å². The lowest BCUT2D eigenvalue weighted by atomic mass is 9.69. The van der Waals surface area contributed by atoms with Crippen LogP contribution in [0.3, 0.4) is 0 Å². The summed E-state index contributed by atoms with van der Waals surface area (Å²) in [5.41, 5.74) is 1.42. The first-order valence-corrected chi connectivity index (χ1v) is 8.21. The molecule has 3 rings (SSSR count). The maximum absolute atomic E-state index is 6.03. The molecule has 3 unspecified atom stereocenters. The highest BCUT2D eigenvalue weighted by Crippen LogP contribution is 2.48. The summed E-state index contributed by atoms with van der Waals surface area (Å²) < 4.78 is 11.6. The van der Waals surface area contributed by atoms with Crippen molar-refractivity contribution in [3.05, 3.63) is 23.8 Å². The van der Waals surface area contributed by atoms with E-state index in [0.29, 0.717) is 12.5 Å². The lowest BCUT2D eigenvalue weighted by Crippen LogP contribution is -2.32. The zero-order valence-corrected chi connectivity index (χ0v) is 12.7. The fourth-order valence-corrected chi connectivity index (χ4v) is 4.02. The predicted octanol–water partition coefficient (Wildman–Crippen LogP) is 4.78. The average molecular weight is 274 g/mol. The van der Waals surface area contributed by atoms with Gasteiger partial charge in [-0.25, -0.2) is 0 Å². The molecule has 2 heteroatoms. The van der Waals surface area contributed by atoms with E-state index in [2.05, 4.69) is 25.1 Å². The van der Waals surface area contributed by atoms with E-state index in [1.54, 1.807) is 0 Å². The maximum Gasteiger partial charge on any atom is 0.126 e. The molecule has 0 radical (unpaired) electrons. The Balaban J connectivity index is 1.76. The van der Waals surface area contributed by atoms with Gasteiger partial charge in [0.25, 0.3) is 0 Å². The molecule has 0 amide bonds. The van der Waals surface area contributed by atoms with E-state index < -0.39 is 0 Å². The molecule has 0 aromatic heterocycles. The molecular formula is C18H26O2. The molecule has 1 aromatic rings. The molecule has 0 spiro atoms. The first-order valence-electron chi connectivity index (χ1n) is 8.21. The van der Waals surface area contributed by atoms with Gasteiger partial charge >= 0.3 is 0 Å².